The number of hydrogen-bond donors (Lipinski definition) is 1. The third kappa shape index (κ3) is 6.96. The zero-order chi connectivity index (χ0) is 19.2. The van der Waals surface area contributed by atoms with Gasteiger partial charge >= 0.3 is 11.8 Å². The quantitative estimate of drug-likeness (QED) is 0.595. The lowest BCUT2D eigenvalue weighted by Gasteiger charge is -2.25. The Labute approximate surface area is 147 Å². The predicted molar refractivity (Wildman–Crippen MR) is 92.7 cm³/mol. The summed E-state index contributed by atoms with van der Waals surface area (Å²) >= 11 is 0. The van der Waals surface area contributed by atoms with Crippen LogP contribution < -0.4 is 10.1 Å². The first-order valence-electron chi connectivity index (χ1n) is 7.96. The first-order valence-corrected chi connectivity index (χ1v) is 7.96. The van der Waals surface area contributed by atoms with Crippen LogP contribution in [0, 0.1) is 10.1 Å². The number of rotatable bonds is 7. The molecule has 0 heterocycles. The molecule has 25 heavy (non-hydrogen) atoms. The van der Waals surface area contributed by atoms with Gasteiger partial charge < -0.3 is 19.5 Å². The summed E-state index contributed by atoms with van der Waals surface area (Å²) in [7, 11) is 1.38. The van der Waals surface area contributed by atoms with Gasteiger partial charge in [0.05, 0.1) is 30.8 Å². The van der Waals surface area contributed by atoms with Crippen molar-refractivity contribution in [1.29, 1.82) is 0 Å². The summed E-state index contributed by atoms with van der Waals surface area (Å²) in [5.74, 6) is 0.196. The Balaban J connectivity index is 2.61. The molecule has 0 aliphatic heterocycles. The van der Waals surface area contributed by atoms with E-state index in [2.05, 4.69) is 5.32 Å². The van der Waals surface area contributed by atoms with E-state index in [1.54, 1.807) is 40.7 Å². The van der Waals surface area contributed by atoms with E-state index in [0.717, 1.165) is 0 Å². The lowest BCUT2D eigenvalue weighted by atomic mass is 10.2. The molecule has 1 N–H and O–H groups in total. The van der Waals surface area contributed by atoms with Crippen LogP contribution in [-0.2, 0) is 16.1 Å². The number of carbonyl (C=O) groups is 1. The average molecular weight is 354 g/mol. The van der Waals surface area contributed by atoms with Gasteiger partial charge in [0.1, 0.15) is 5.60 Å². The van der Waals surface area contributed by atoms with Gasteiger partial charge in [-0.1, -0.05) is 6.07 Å². The molecule has 1 aromatic carbocycles. The second-order valence-corrected chi connectivity index (χ2v) is 6.71. The Morgan fingerprint density at radius 2 is 1.96 bits per heavy atom. The number of nitrogens with one attached hydrogen (secondary N) is 1. The van der Waals surface area contributed by atoms with Crippen LogP contribution in [0.1, 0.15) is 40.2 Å². The maximum Gasteiger partial charge on any atom is 0.407 e. The van der Waals surface area contributed by atoms with Gasteiger partial charge in [0.25, 0.3) is 0 Å². The molecule has 0 saturated heterocycles. The van der Waals surface area contributed by atoms with E-state index in [1.807, 2.05) is 0 Å². The third-order valence-electron chi connectivity index (χ3n) is 3.40. The van der Waals surface area contributed by atoms with Crippen molar-refractivity contribution >= 4 is 11.8 Å². The van der Waals surface area contributed by atoms with Crippen molar-refractivity contribution in [1.82, 2.24) is 5.32 Å². The van der Waals surface area contributed by atoms with Crippen LogP contribution >= 0.6 is 0 Å². The van der Waals surface area contributed by atoms with Crippen molar-refractivity contribution < 1.29 is 23.9 Å². The van der Waals surface area contributed by atoms with Crippen LogP contribution in [0.25, 0.3) is 0 Å². The van der Waals surface area contributed by atoms with Gasteiger partial charge in [0, 0.05) is 6.07 Å². The summed E-state index contributed by atoms with van der Waals surface area (Å²) in [6, 6.07) is 4.36. The van der Waals surface area contributed by atoms with E-state index in [-0.39, 0.29) is 30.2 Å². The number of benzene rings is 1. The molecule has 1 rings (SSSR count). The van der Waals surface area contributed by atoms with Crippen molar-refractivity contribution in [2.45, 2.75) is 59.0 Å². The molecule has 1 unspecified atom stereocenters. The molecule has 8 heteroatoms. The molecule has 8 nitrogen and oxygen atoms in total. The van der Waals surface area contributed by atoms with Gasteiger partial charge in [-0.05, 0) is 46.2 Å². The van der Waals surface area contributed by atoms with Gasteiger partial charge in [0.15, 0.2) is 5.75 Å². The minimum absolute atomic E-state index is 0.115. The topological polar surface area (TPSA) is 99.9 Å². The summed E-state index contributed by atoms with van der Waals surface area (Å²) in [6.45, 7) is 9.13. The number of carbonyl (C=O) groups excluding carboxylic acids is 1. The van der Waals surface area contributed by atoms with Crippen molar-refractivity contribution in [3.8, 4) is 5.75 Å². The number of nitro groups is 1. The van der Waals surface area contributed by atoms with Crippen molar-refractivity contribution in [3.05, 3.63) is 33.9 Å². The van der Waals surface area contributed by atoms with Crippen molar-refractivity contribution in [2.24, 2.45) is 0 Å². The Morgan fingerprint density at radius 3 is 2.48 bits per heavy atom. The fourth-order valence-corrected chi connectivity index (χ4v) is 1.95. The highest BCUT2D eigenvalue weighted by atomic mass is 16.6. The van der Waals surface area contributed by atoms with Crippen LogP contribution in [0.15, 0.2) is 18.2 Å². The smallest absolute Gasteiger partial charge is 0.407 e. The van der Waals surface area contributed by atoms with E-state index < -0.39 is 16.6 Å². The zero-order valence-corrected chi connectivity index (χ0v) is 15.5. The number of nitrogens with zero attached hydrogens (tertiary/aromatic N) is 1. The molecule has 140 valence electrons. The van der Waals surface area contributed by atoms with E-state index >= 15 is 0 Å². The molecule has 1 amide bonds. The molecule has 0 radical (unpaired) electrons. The van der Waals surface area contributed by atoms with E-state index in [1.165, 1.54) is 19.2 Å². The maximum absolute atomic E-state index is 11.8. The Bertz CT molecular complexity index is 612. The normalized spacial score (nSPS) is 13.7. The van der Waals surface area contributed by atoms with Crippen molar-refractivity contribution in [2.75, 3.05) is 7.11 Å². The molecule has 0 fully saturated rings. The first-order chi connectivity index (χ1) is 11.5. The number of nitro benzene ring substituents is 1. The molecule has 0 spiro atoms. The summed E-state index contributed by atoms with van der Waals surface area (Å²) in [5, 5.41) is 13.7. The molecule has 0 bridgehead atoms. The summed E-state index contributed by atoms with van der Waals surface area (Å²) < 4.78 is 15.9. The molecule has 0 aromatic heterocycles. The van der Waals surface area contributed by atoms with Crippen LogP contribution in [-0.4, -0.2) is 35.9 Å². The average Bonchev–Trinajstić information content (AvgIpc) is 2.50. The van der Waals surface area contributed by atoms with E-state index in [0.29, 0.717) is 5.56 Å². The fraction of sp³-hybridized carbons (Fsp3) is 0.588. The lowest BCUT2D eigenvalue weighted by Crippen LogP contribution is -2.43. The van der Waals surface area contributed by atoms with Crippen LogP contribution in [0.3, 0.4) is 0 Å². The number of amides is 1. The second kappa shape index (κ2) is 8.66. The zero-order valence-electron chi connectivity index (χ0n) is 15.5. The minimum atomic E-state index is -0.573. The second-order valence-electron chi connectivity index (χ2n) is 6.71. The van der Waals surface area contributed by atoms with E-state index in [9.17, 15) is 14.9 Å². The Hall–Kier alpha value is -2.35. The summed E-state index contributed by atoms with van der Waals surface area (Å²) in [5.41, 5.74) is -0.0457. The largest absolute Gasteiger partial charge is 0.490 e. The number of hydrogen-bond acceptors (Lipinski definition) is 6. The SMILES string of the molecule is COc1ccc(COC(C)[C@@H](C)NC(=O)OC(C)(C)C)cc1[N+](=O)[O-]. The standard InChI is InChI=1S/C17H26N2O6/c1-11(18-16(20)25-17(3,4)5)12(2)24-10-13-7-8-15(23-6)14(9-13)19(21)22/h7-9,11-12H,10H2,1-6H3,(H,18,20)/t11-,12?/m1/s1. The van der Waals surface area contributed by atoms with Crippen LogP contribution in [0.5, 0.6) is 5.75 Å². The van der Waals surface area contributed by atoms with Crippen LogP contribution in [0.4, 0.5) is 10.5 Å². The van der Waals surface area contributed by atoms with Gasteiger partial charge in [-0.25, -0.2) is 4.79 Å². The van der Waals surface area contributed by atoms with Crippen molar-refractivity contribution in [3.63, 3.8) is 0 Å². The molecular formula is C17H26N2O6. The molecule has 0 aliphatic rings. The molecule has 0 aliphatic carbocycles. The van der Waals surface area contributed by atoms with Gasteiger partial charge in [-0.3, -0.25) is 10.1 Å². The molecule has 2 atom stereocenters. The van der Waals surface area contributed by atoms with E-state index in [4.69, 9.17) is 14.2 Å². The highest BCUT2D eigenvalue weighted by Crippen LogP contribution is 2.27. The van der Waals surface area contributed by atoms with Crippen LogP contribution in [0.2, 0.25) is 0 Å². The molecule has 0 saturated carbocycles. The Kier molecular flexibility index (Phi) is 7.17. The Morgan fingerprint density at radius 1 is 1.32 bits per heavy atom. The number of alkyl carbamates (subject to hydrolysis) is 1. The monoisotopic (exact) mass is 354 g/mol. The summed E-state index contributed by atoms with van der Waals surface area (Å²) in [4.78, 5) is 22.3. The highest BCUT2D eigenvalue weighted by Gasteiger charge is 2.21. The number of methoxy groups -OCH3 is 1. The third-order valence-corrected chi connectivity index (χ3v) is 3.40. The predicted octanol–water partition coefficient (Wildman–Crippen LogP) is 3.42. The number of ether oxygens (including phenoxy) is 3. The highest BCUT2D eigenvalue weighted by molar-refractivity contribution is 5.68. The molecular weight excluding hydrogens is 328 g/mol. The lowest BCUT2D eigenvalue weighted by molar-refractivity contribution is -0.385. The molecule has 1 aromatic rings. The first kappa shape index (κ1) is 20.7. The van der Waals surface area contributed by atoms with Gasteiger partial charge in [-0.2, -0.15) is 0 Å². The maximum atomic E-state index is 11.8. The van der Waals surface area contributed by atoms with Gasteiger partial charge in [0.2, 0.25) is 0 Å². The van der Waals surface area contributed by atoms with Gasteiger partial charge in [-0.15, -0.1) is 0 Å². The summed E-state index contributed by atoms with van der Waals surface area (Å²) in [6.07, 6.45) is -0.829. The minimum Gasteiger partial charge on any atom is -0.490 e. The fourth-order valence-electron chi connectivity index (χ4n) is 1.95.